The minimum atomic E-state index is -0.243. The highest BCUT2D eigenvalue weighted by Crippen LogP contribution is 2.10. The molecule has 24 heavy (non-hydrogen) atoms. The fourth-order valence-corrected chi connectivity index (χ4v) is 2.31. The number of nitrogens with one attached hydrogen (secondary N) is 1. The molecule has 0 atom stereocenters. The molecule has 0 aliphatic carbocycles. The average Bonchev–Trinajstić information content (AvgIpc) is 3.11. The van der Waals surface area contributed by atoms with Gasteiger partial charge in [0.25, 0.3) is 0 Å². The van der Waals surface area contributed by atoms with Crippen molar-refractivity contribution < 1.29 is 9.18 Å². The number of hydrogen-bond acceptors (Lipinski definition) is 4. The first-order valence-corrected chi connectivity index (χ1v) is 7.46. The lowest BCUT2D eigenvalue weighted by Crippen LogP contribution is -2.24. The van der Waals surface area contributed by atoms with Crippen LogP contribution in [-0.2, 0) is 17.8 Å². The molecule has 2 aromatic carbocycles. The number of nitrogens with zero attached hydrogens (tertiary/aromatic N) is 4. The van der Waals surface area contributed by atoms with E-state index in [0.29, 0.717) is 12.1 Å². The maximum absolute atomic E-state index is 13.2. The quantitative estimate of drug-likeness (QED) is 0.778. The van der Waals surface area contributed by atoms with Crippen LogP contribution in [0.5, 0.6) is 0 Å². The fourth-order valence-electron chi connectivity index (χ4n) is 2.31. The number of tetrazole rings is 1. The van der Waals surface area contributed by atoms with Crippen molar-refractivity contribution in [3.05, 3.63) is 71.3 Å². The predicted octanol–water partition coefficient (Wildman–Crippen LogP) is 1.97. The van der Waals surface area contributed by atoms with Gasteiger partial charge in [-0.05, 0) is 52.2 Å². The van der Waals surface area contributed by atoms with Gasteiger partial charge in [0.2, 0.25) is 5.91 Å². The van der Waals surface area contributed by atoms with Crippen molar-refractivity contribution in [3.8, 4) is 5.69 Å². The lowest BCUT2D eigenvalue weighted by Gasteiger charge is -2.07. The maximum atomic E-state index is 13.2. The summed E-state index contributed by atoms with van der Waals surface area (Å²) in [4.78, 5) is 12.0. The fraction of sp³-hybridized carbons (Fsp3) is 0.176. The third kappa shape index (κ3) is 3.81. The molecule has 3 rings (SSSR count). The predicted molar refractivity (Wildman–Crippen MR) is 85.8 cm³/mol. The van der Waals surface area contributed by atoms with Crippen LogP contribution >= 0.6 is 0 Å². The molecule has 7 heteroatoms. The molecule has 0 unspecified atom stereocenters. The smallest absolute Gasteiger partial charge is 0.224 e. The van der Waals surface area contributed by atoms with E-state index < -0.39 is 0 Å². The van der Waals surface area contributed by atoms with Crippen molar-refractivity contribution in [1.82, 2.24) is 25.5 Å². The van der Waals surface area contributed by atoms with Gasteiger partial charge in [0.15, 0.2) is 0 Å². The average molecular weight is 325 g/mol. The van der Waals surface area contributed by atoms with E-state index in [2.05, 4.69) is 20.8 Å². The molecule has 1 amide bonds. The minimum absolute atomic E-state index is 0.0906. The summed E-state index contributed by atoms with van der Waals surface area (Å²) in [7, 11) is 0. The van der Waals surface area contributed by atoms with E-state index in [1.54, 1.807) is 23.7 Å². The molecule has 0 radical (unpaired) electrons. The summed E-state index contributed by atoms with van der Waals surface area (Å²) in [6, 6.07) is 12.2. The minimum Gasteiger partial charge on any atom is -0.352 e. The van der Waals surface area contributed by atoms with E-state index >= 15 is 0 Å². The van der Waals surface area contributed by atoms with Gasteiger partial charge in [-0.3, -0.25) is 4.79 Å². The number of aromatic nitrogens is 4. The molecule has 1 aromatic heterocycles. The van der Waals surface area contributed by atoms with Crippen LogP contribution in [0.2, 0.25) is 0 Å². The van der Waals surface area contributed by atoms with E-state index in [1.165, 1.54) is 12.4 Å². The van der Waals surface area contributed by atoms with Crippen LogP contribution in [0.4, 0.5) is 4.39 Å². The highest BCUT2D eigenvalue weighted by Gasteiger charge is 2.05. The molecule has 0 bridgehead atoms. The molecule has 0 aliphatic heterocycles. The number of carbonyl (C=O) groups excluding carboxylic acids is 1. The Balaban J connectivity index is 1.55. The maximum Gasteiger partial charge on any atom is 0.224 e. The van der Waals surface area contributed by atoms with Gasteiger partial charge in [0.1, 0.15) is 12.1 Å². The molecular weight excluding hydrogens is 309 g/mol. The number of hydrogen-bond donors (Lipinski definition) is 1. The molecule has 6 nitrogen and oxygen atoms in total. The van der Waals surface area contributed by atoms with Crippen molar-refractivity contribution in [1.29, 1.82) is 0 Å². The Hall–Kier alpha value is -3.09. The number of amides is 1. The zero-order chi connectivity index (χ0) is 16.9. The lowest BCUT2D eigenvalue weighted by molar-refractivity contribution is -0.120. The number of rotatable bonds is 5. The lowest BCUT2D eigenvalue weighted by atomic mass is 10.1. The third-order valence-electron chi connectivity index (χ3n) is 3.63. The normalized spacial score (nSPS) is 10.6. The number of halogens is 1. The Morgan fingerprint density at radius 3 is 2.58 bits per heavy atom. The molecule has 0 saturated heterocycles. The van der Waals surface area contributed by atoms with Crippen LogP contribution in [0.15, 0.2) is 48.8 Å². The molecular formula is C17H16FN5O. The Bertz CT molecular complexity index is 831. The van der Waals surface area contributed by atoms with Crippen LogP contribution in [0.25, 0.3) is 5.69 Å². The Kier molecular flexibility index (Phi) is 4.60. The number of benzene rings is 2. The molecule has 0 saturated carbocycles. The van der Waals surface area contributed by atoms with Crippen molar-refractivity contribution in [3.63, 3.8) is 0 Å². The van der Waals surface area contributed by atoms with E-state index in [1.807, 2.05) is 24.3 Å². The summed E-state index contributed by atoms with van der Waals surface area (Å²) in [5, 5.41) is 13.8. The second-order valence-electron chi connectivity index (χ2n) is 5.46. The summed E-state index contributed by atoms with van der Waals surface area (Å²) in [6.07, 6.45) is 1.78. The second-order valence-corrected chi connectivity index (χ2v) is 5.46. The highest BCUT2D eigenvalue weighted by atomic mass is 19.1. The largest absolute Gasteiger partial charge is 0.352 e. The zero-order valence-electron chi connectivity index (χ0n) is 13.1. The van der Waals surface area contributed by atoms with E-state index in [4.69, 9.17) is 0 Å². The Labute approximate surface area is 138 Å². The van der Waals surface area contributed by atoms with Gasteiger partial charge in [0, 0.05) is 6.54 Å². The van der Waals surface area contributed by atoms with Gasteiger partial charge in [-0.15, -0.1) is 5.10 Å². The summed E-state index contributed by atoms with van der Waals surface area (Å²) in [5.74, 6) is -0.333. The molecule has 3 aromatic rings. The summed E-state index contributed by atoms with van der Waals surface area (Å²) in [5.41, 5.74) is 3.15. The summed E-state index contributed by atoms with van der Waals surface area (Å²) in [6.45, 7) is 2.08. The third-order valence-corrected chi connectivity index (χ3v) is 3.63. The highest BCUT2D eigenvalue weighted by molar-refractivity contribution is 5.78. The monoisotopic (exact) mass is 325 g/mol. The van der Waals surface area contributed by atoms with Crippen molar-refractivity contribution >= 4 is 5.91 Å². The zero-order valence-corrected chi connectivity index (χ0v) is 13.1. The first-order chi connectivity index (χ1) is 11.6. The van der Waals surface area contributed by atoms with Gasteiger partial charge in [-0.1, -0.05) is 24.3 Å². The first kappa shape index (κ1) is 15.8. The van der Waals surface area contributed by atoms with Crippen LogP contribution in [-0.4, -0.2) is 26.1 Å². The molecule has 0 fully saturated rings. The summed E-state index contributed by atoms with van der Waals surface area (Å²) >= 11 is 0. The first-order valence-electron chi connectivity index (χ1n) is 7.46. The molecule has 1 heterocycles. The van der Waals surface area contributed by atoms with Crippen molar-refractivity contribution in [2.75, 3.05) is 0 Å². The SMILES string of the molecule is Cc1cc(CNC(=O)Cc2ccc(-n3cnnn3)cc2)ccc1F. The topological polar surface area (TPSA) is 72.7 Å². The van der Waals surface area contributed by atoms with Crippen LogP contribution in [0, 0.1) is 12.7 Å². The van der Waals surface area contributed by atoms with Crippen LogP contribution in [0.1, 0.15) is 16.7 Å². The van der Waals surface area contributed by atoms with Crippen LogP contribution in [0.3, 0.4) is 0 Å². The van der Waals surface area contributed by atoms with E-state index in [9.17, 15) is 9.18 Å². The van der Waals surface area contributed by atoms with Gasteiger partial charge in [0.05, 0.1) is 12.1 Å². The van der Waals surface area contributed by atoms with Gasteiger partial charge < -0.3 is 5.32 Å². The number of aryl methyl sites for hydroxylation is 1. The van der Waals surface area contributed by atoms with E-state index in [0.717, 1.165) is 16.8 Å². The standard InChI is InChI=1S/C17H16FN5O/c1-12-8-14(4-7-16(12)18)10-19-17(24)9-13-2-5-15(6-3-13)23-11-20-21-22-23/h2-8,11H,9-10H2,1H3,(H,19,24). The van der Waals surface area contributed by atoms with E-state index in [-0.39, 0.29) is 18.1 Å². The van der Waals surface area contributed by atoms with Crippen molar-refractivity contribution in [2.24, 2.45) is 0 Å². The Morgan fingerprint density at radius 2 is 1.92 bits per heavy atom. The number of carbonyl (C=O) groups is 1. The second kappa shape index (κ2) is 6.99. The van der Waals surface area contributed by atoms with Crippen LogP contribution < -0.4 is 5.32 Å². The Morgan fingerprint density at radius 1 is 1.17 bits per heavy atom. The molecule has 0 spiro atoms. The molecule has 1 N–H and O–H groups in total. The van der Waals surface area contributed by atoms with Gasteiger partial charge in [-0.25, -0.2) is 9.07 Å². The summed E-state index contributed by atoms with van der Waals surface area (Å²) < 4.78 is 14.8. The van der Waals surface area contributed by atoms with Gasteiger partial charge in [-0.2, -0.15) is 0 Å². The molecule has 122 valence electrons. The molecule has 0 aliphatic rings. The van der Waals surface area contributed by atoms with Crippen molar-refractivity contribution in [2.45, 2.75) is 19.9 Å². The van der Waals surface area contributed by atoms with Gasteiger partial charge >= 0.3 is 0 Å².